The predicted octanol–water partition coefficient (Wildman–Crippen LogP) is 1.76. The molecule has 1 atom stereocenters. The number of carbonyl (C=O) groups excluding carboxylic acids is 1. The van der Waals surface area contributed by atoms with E-state index >= 15 is 0 Å². The summed E-state index contributed by atoms with van der Waals surface area (Å²) in [6.45, 7) is 3.86. The van der Waals surface area contributed by atoms with Crippen LogP contribution in [0.3, 0.4) is 0 Å². The topological polar surface area (TPSA) is 52.3 Å². The molecule has 88 valence electrons. The molecule has 0 amide bonds. The van der Waals surface area contributed by atoms with E-state index in [1.165, 1.54) is 7.11 Å². The predicted molar refractivity (Wildman–Crippen MR) is 63.9 cm³/mol. The summed E-state index contributed by atoms with van der Waals surface area (Å²) >= 11 is 0. The van der Waals surface area contributed by atoms with Crippen LogP contribution in [0.1, 0.15) is 19.4 Å². The van der Waals surface area contributed by atoms with Crippen LogP contribution in [0.15, 0.2) is 30.3 Å². The zero-order chi connectivity index (χ0) is 12.2. The molecule has 0 saturated carbocycles. The highest BCUT2D eigenvalue weighted by Crippen LogP contribution is 2.21. The van der Waals surface area contributed by atoms with E-state index in [1.54, 1.807) is 0 Å². The van der Waals surface area contributed by atoms with E-state index in [4.69, 9.17) is 10.5 Å². The number of hydrogen-bond acceptors (Lipinski definition) is 3. The lowest BCUT2D eigenvalue weighted by molar-refractivity contribution is -0.148. The minimum absolute atomic E-state index is 0.0279. The molecular formula is C13H19NO2. The molecule has 0 aliphatic rings. The minimum atomic E-state index is -0.948. The first-order valence-corrected chi connectivity index (χ1v) is 5.42. The summed E-state index contributed by atoms with van der Waals surface area (Å²) < 4.78 is 4.78. The van der Waals surface area contributed by atoms with Crippen molar-refractivity contribution >= 4 is 5.97 Å². The molecular weight excluding hydrogens is 202 g/mol. The molecule has 0 saturated heterocycles. The summed E-state index contributed by atoms with van der Waals surface area (Å²) in [6.07, 6.45) is 0.498. The minimum Gasteiger partial charge on any atom is -0.468 e. The third-order valence-electron chi connectivity index (χ3n) is 2.94. The summed E-state index contributed by atoms with van der Waals surface area (Å²) in [7, 11) is 1.37. The number of nitrogens with two attached hydrogens (primary N) is 1. The van der Waals surface area contributed by atoms with Crippen molar-refractivity contribution in [2.24, 2.45) is 11.7 Å². The summed E-state index contributed by atoms with van der Waals surface area (Å²) in [4.78, 5) is 11.7. The van der Waals surface area contributed by atoms with Crippen LogP contribution in [0.2, 0.25) is 0 Å². The number of methoxy groups -OCH3 is 1. The summed E-state index contributed by atoms with van der Waals surface area (Å²) in [5.74, 6) is -0.327. The lowest BCUT2D eigenvalue weighted by atomic mass is 9.82. The van der Waals surface area contributed by atoms with Gasteiger partial charge in [-0.05, 0) is 11.5 Å². The maximum Gasteiger partial charge on any atom is 0.326 e. The van der Waals surface area contributed by atoms with Crippen LogP contribution in [-0.2, 0) is 16.0 Å². The molecule has 0 aliphatic carbocycles. The molecule has 3 heteroatoms. The van der Waals surface area contributed by atoms with Gasteiger partial charge in [-0.1, -0.05) is 44.2 Å². The van der Waals surface area contributed by atoms with Crippen molar-refractivity contribution < 1.29 is 9.53 Å². The molecule has 1 aromatic carbocycles. The standard InChI is InChI=1S/C13H19NO2/c1-10(2)13(14,12(15)16-3)9-11-7-5-4-6-8-11/h4-8,10H,9,14H2,1-3H3/t13-/m1/s1. The molecule has 2 N–H and O–H groups in total. The quantitative estimate of drug-likeness (QED) is 0.788. The van der Waals surface area contributed by atoms with Crippen LogP contribution < -0.4 is 5.73 Å². The molecule has 1 aromatic rings. The van der Waals surface area contributed by atoms with E-state index in [9.17, 15) is 4.79 Å². The first kappa shape index (κ1) is 12.7. The molecule has 0 aromatic heterocycles. The lowest BCUT2D eigenvalue weighted by Crippen LogP contribution is -2.54. The van der Waals surface area contributed by atoms with Gasteiger partial charge in [0, 0.05) is 6.42 Å². The fraction of sp³-hybridized carbons (Fsp3) is 0.462. The van der Waals surface area contributed by atoms with Crippen molar-refractivity contribution in [1.82, 2.24) is 0 Å². The molecule has 0 unspecified atom stereocenters. The second-order valence-electron chi connectivity index (χ2n) is 4.35. The molecule has 0 spiro atoms. The number of rotatable bonds is 4. The highest BCUT2D eigenvalue weighted by molar-refractivity contribution is 5.81. The zero-order valence-electron chi connectivity index (χ0n) is 10.1. The van der Waals surface area contributed by atoms with Gasteiger partial charge in [-0.3, -0.25) is 4.79 Å². The van der Waals surface area contributed by atoms with Crippen LogP contribution in [0.4, 0.5) is 0 Å². The Morgan fingerprint density at radius 1 is 1.38 bits per heavy atom. The fourth-order valence-corrected chi connectivity index (χ4v) is 1.64. The van der Waals surface area contributed by atoms with E-state index in [-0.39, 0.29) is 11.9 Å². The highest BCUT2D eigenvalue weighted by atomic mass is 16.5. The Morgan fingerprint density at radius 3 is 2.38 bits per heavy atom. The van der Waals surface area contributed by atoms with Gasteiger partial charge in [-0.2, -0.15) is 0 Å². The van der Waals surface area contributed by atoms with E-state index in [0.717, 1.165) is 5.56 Å². The van der Waals surface area contributed by atoms with Crippen molar-refractivity contribution in [3.63, 3.8) is 0 Å². The SMILES string of the molecule is COC(=O)[C@@](N)(Cc1ccccc1)C(C)C. The van der Waals surface area contributed by atoms with Crippen LogP contribution in [-0.4, -0.2) is 18.6 Å². The Hall–Kier alpha value is -1.35. The Balaban J connectivity index is 2.92. The maximum atomic E-state index is 11.7. The van der Waals surface area contributed by atoms with Crippen molar-refractivity contribution in [3.8, 4) is 0 Å². The molecule has 3 nitrogen and oxygen atoms in total. The van der Waals surface area contributed by atoms with E-state index < -0.39 is 5.54 Å². The van der Waals surface area contributed by atoms with Gasteiger partial charge in [-0.25, -0.2) is 0 Å². The fourth-order valence-electron chi connectivity index (χ4n) is 1.64. The normalized spacial score (nSPS) is 14.6. The van der Waals surface area contributed by atoms with Crippen LogP contribution >= 0.6 is 0 Å². The van der Waals surface area contributed by atoms with Gasteiger partial charge in [0.15, 0.2) is 0 Å². The van der Waals surface area contributed by atoms with Crippen molar-refractivity contribution in [3.05, 3.63) is 35.9 Å². The van der Waals surface area contributed by atoms with Crippen molar-refractivity contribution in [2.75, 3.05) is 7.11 Å². The molecule has 1 rings (SSSR count). The molecule has 0 radical (unpaired) electrons. The first-order valence-electron chi connectivity index (χ1n) is 5.42. The highest BCUT2D eigenvalue weighted by Gasteiger charge is 2.38. The van der Waals surface area contributed by atoms with Gasteiger partial charge in [0.05, 0.1) is 7.11 Å². The van der Waals surface area contributed by atoms with E-state index in [0.29, 0.717) is 6.42 Å². The van der Waals surface area contributed by atoms with Gasteiger partial charge in [0.2, 0.25) is 0 Å². The number of benzene rings is 1. The van der Waals surface area contributed by atoms with Crippen LogP contribution in [0, 0.1) is 5.92 Å². The van der Waals surface area contributed by atoms with Gasteiger partial charge >= 0.3 is 5.97 Å². The van der Waals surface area contributed by atoms with E-state index in [2.05, 4.69) is 0 Å². The Morgan fingerprint density at radius 2 is 1.94 bits per heavy atom. The number of esters is 1. The van der Waals surface area contributed by atoms with Gasteiger partial charge in [-0.15, -0.1) is 0 Å². The third kappa shape index (κ3) is 2.61. The largest absolute Gasteiger partial charge is 0.468 e. The van der Waals surface area contributed by atoms with E-state index in [1.807, 2.05) is 44.2 Å². The number of hydrogen-bond donors (Lipinski definition) is 1. The maximum absolute atomic E-state index is 11.7. The summed E-state index contributed by atoms with van der Waals surface area (Å²) in [5.41, 5.74) is 6.25. The monoisotopic (exact) mass is 221 g/mol. The van der Waals surface area contributed by atoms with Gasteiger partial charge in [0.25, 0.3) is 0 Å². The molecule has 0 fully saturated rings. The number of ether oxygens (including phenoxy) is 1. The second kappa shape index (κ2) is 5.12. The average molecular weight is 221 g/mol. The molecule has 16 heavy (non-hydrogen) atoms. The first-order chi connectivity index (χ1) is 7.50. The lowest BCUT2D eigenvalue weighted by Gasteiger charge is -2.30. The Labute approximate surface area is 96.6 Å². The van der Waals surface area contributed by atoms with Gasteiger partial charge < -0.3 is 10.5 Å². The van der Waals surface area contributed by atoms with Crippen LogP contribution in [0.5, 0.6) is 0 Å². The molecule has 0 heterocycles. The Bertz CT molecular complexity index is 348. The Kier molecular flexibility index (Phi) is 4.07. The average Bonchev–Trinajstić information content (AvgIpc) is 2.28. The summed E-state index contributed by atoms with van der Waals surface area (Å²) in [6, 6.07) is 9.75. The zero-order valence-corrected chi connectivity index (χ0v) is 10.1. The smallest absolute Gasteiger partial charge is 0.326 e. The van der Waals surface area contributed by atoms with Gasteiger partial charge in [0.1, 0.15) is 5.54 Å². The number of carbonyl (C=O) groups is 1. The van der Waals surface area contributed by atoms with Crippen LogP contribution in [0.25, 0.3) is 0 Å². The van der Waals surface area contributed by atoms with Crippen molar-refractivity contribution in [1.29, 1.82) is 0 Å². The second-order valence-corrected chi connectivity index (χ2v) is 4.35. The van der Waals surface area contributed by atoms with Crippen molar-refractivity contribution in [2.45, 2.75) is 25.8 Å². The third-order valence-corrected chi connectivity index (χ3v) is 2.94. The molecule has 0 bridgehead atoms. The molecule has 0 aliphatic heterocycles. The summed E-state index contributed by atoms with van der Waals surface area (Å²) in [5, 5.41) is 0.